The summed E-state index contributed by atoms with van der Waals surface area (Å²) in [4.78, 5) is 23.4. The number of esters is 1. The monoisotopic (exact) mass is 348 g/mol. The van der Waals surface area contributed by atoms with Gasteiger partial charge in [-0.3, -0.25) is 4.79 Å². The lowest BCUT2D eigenvalue weighted by molar-refractivity contribution is -0.142. The van der Waals surface area contributed by atoms with Gasteiger partial charge in [-0.1, -0.05) is 6.92 Å². The highest BCUT2D eigenvalue weighted by Crippen LogP contribution is 2.25. The van der Waals surface area contributed by atoms with Crippen LogP contribution in [0.2, 0.25) is 0 Å². The third-order valence-electron chi connectivity index (χ3n) is 4.70. The Balaban J connectivity index is 1.86. The highest BCUT2D eigenvalue weighted by atomic mass is 16.6. The van der Waals surface area contributed by atoms with Gasteiger partial charge in [-0.2, -0.15) is 0 Å². The van der Waals surface area contributed by atoms with Crippen LogP contribution in [0.4, 0.5) is 5.69 Å². The van der Waals surface area contributed by atoms with Gasteiger partial charge in [0.1, 0.15) is 5.75 Å². The fourth-order valence-electron chi connectivity index (χ4n) is 3.09. The number of benzene rings is 1. The number of carbonyl (C=O) groups is 2. The van der Waals surface area contributed by atoms with Crippen molar-refractivity contribution >= 4 is 17.6 Å². The molecular formula is C19H28N2O4. The first kappa shape index (κ1) is 19.2. The van der Waals surface area contributed by atoms with Crippen molar-refractivity contribution in [1.29, 1.82) is 0 Å². The third kappa shape index (κ3) is 6.05. The van der Waals surface area contributed by atoms with Crippen LogP contribution in [0, 0.1) is 18.8 Å². The van der Waals surface area contributed by atoms with Crippen LogP contribution in [0.15, 0.2) is 18.2 Å². The zero-order valence-corrected chi connectivity index (χ0v) is 15.3. The van der Waals surface area contributed by atoms with Gasteiger partial charge in [0, 0.05) is 12.1 Å². The minimum absolute atomic E-state index is 0.0319. The van der Waals surface area contributed by atoms with Crippen LogP contribution < -0.4 is 15.4 Å². The number of rotatable bonds is 7. The molecule has 2 atom stereocenters. The molecule has 0 radical (unpaired) electrons. The van der Waals surface area contributed by atoms with E-state index in [4.69, 9.17) is 4.74 Å². The molecule has 2 N–H and O–H groups in total. The van der Waals surface area contributed by atoms with Gasteiger partial charge in [0.15, 0.2) is 6.61 Å². The molecule has 1 aromatic rings. The summed E-state index contributed by atoms with van der Waals surface area (Å²) in [6.45, 7) is 6.00. The molecule has 138 valence electrons. The summed E-state index contributed by atoms with van der Waals surface area (Å²) in [6.07, 6.45) is 2.89. The smallest absolute Gasteiger partial charge is 0.343 e. The molecule has 1 heterocycles. The number of anilines is 1. The molecule has 0 bridgehead atoms. The molecule has 1 aromatic carbocycles. The number of hydrogen-bond acceptors (Lipinski definition) is 5. The van der Waals surface area contributed by atoms with Crippen LogP contribution in [-0.4, -0.2) is 38.7 Å². The Hall–Kier alpha value is -2.08. The molecule has 6 nitrogen and oxygen atoms in total. The Morgan fingerprint density at radius 3 is 2.84 bits per heavy atom. The Morgan fingerprint density at radius 2 is 2.20 bits per heavy atom. The zero-order chi connectivity index (χ0) is 18.2. The lowest BCUT2D eigenvalue weighted by Crippen LogP contribution is -2.34. The van der Waals surface area contributed by atoms with E-state index in [2.05, 4.69) is 22.3 Å². The molecule has 0 aromatic heterocycles. The lowest BCUT2D eigenvalue weighted by Gasteiger charge is -2.28. The largest absolute Gasteiger partial charge is 0.482 e. The van der Waals surface area contributed by atoms with Gasteiger partial charge in [0.2, 0.25) is 5.91 Å². The van der Waals surface area contributed by atoms with Crippen molar-refractivity contribution in [1.82, 2.24) is 5.32 Å². The highest BCUT2D eigenvalue weighted by Gasteiger charge is 2.22. The number of hydrogen-bond donors (Lipinski definition) is 2. The molecule has 1 saturated heterocycles. The van der Waals surface area contributed by atoms with Gasteiger partial charge < -0.3 is 20.1 Å². The van der Waals surface area contributed by atoms with Gasteiger partial charge in [0.05, 0.1) is 7.11 Å². The van der Waals surface area contributed by atoms with E-state index in [-0.39, 0.29) is 12.5 Å². The zero-order valence-electron chi connectivity index (χ0n) is 15.3. The Labute approximate surface area is 149 Å². The molecule has 2 unspecified atom stereocenters. The van der Waals surface area contributed by atoms with Crippen molar-refractivity contribution < 1.29 is 19.1 Å². The predicted molar refractivity (Wildman–Crippen MR) is 96.7 cm³/mol. The molecule has 25 heavy (non-hydrogen) atoms. The molecule has 2 rings (SSSR count). The van der Waals surface area contributed by atoms with E-state index in [1.807, 2.05) is 6.92 Å². The van der Waals surface area contributed by atoms with Crippen molar-refractivity contribution in [3.05, 3.63) is 23.8 Å². The predicted octanol–water partition coefficient (Wildman–Crippen LogP) is 2.51. The summed E-state index contributed by atoms with van der Waals surface area (Å²) >= 11 is 0. The van der Waals surface area contributed by atoms with Gasteiger partial charge in [0.25, 0.3) is 0 Å². The minimum atomic E-state index is -0.429. The molecule has 0 aliphatic carbocycles. The third-order valence-corrected chi connectivity index (χ3v) is 4.70. The summed E-state index contributed by atoms with van der Waals surface area (Å²) in [7, 11) is 1.32. The number of ether oxygens (including phenoxy) is 2. The maximum atomic E-state index is 12.3. The standard InChI is InChI=1S/C19H28N2O4/c1-13(15-5-4-8-20-11-15)10-18(22)21-17-7-6-16(9-14(17)2)25-12-19(23)24-3/h6-7,9,13,15,20H,4-5,8,10-12H2,1-3H3,(H,21,22). The maximum Gasteiger partial charge on any atom is 0.343 e. The molecular weight excluding hydrogens is 320 g/mol. The van der Waals surface area contributed by atoms with Gasteiger partial charge in [-0.25, -0.2) is 4.79 Å². The van der Waals surface area contributed by atoms with E-state index in [0.717, 1.165) is 24.3 Å². The van der Waals surface area contributed by atoms with Gasteiger partial charge in [-0.05, 0) is 68.5 Å². The molecule has 1 aliphatic heterocycles. The Kier molecular flexibility index (Phi) is 7.25. The van der Waals surface area contributed by atoms with E-state index < -0.39 is 5.97 Å². The Morgan fingerprint density at radius 1 is 1.40 bits per heavy atom. The Bertz CT molecular complexity index is 597. The summed E-state index contributed by atoms with van der Waals surface area (Å²) in [6, 6.07) is 5.33. The van der Waals surface area contributed by atoms with Crippen LogP contribution in [-0.2, 0) is 14.3 Å². The summed E-state index contributed by atoms with van der Waals surface area (Å²) in [5.74, 6) is 1.10. The quantitative estimate of drug-likeness (QED) is 0.741. The number of amides is 1. The van der Waals surface area contributed by atoms with E-state index in [1.54, 1.807) is 18.2 Å². The molecule has 6 heteroatoms. The van der Waals surface area contributed by atoms with Crippen LogP contribution >= 0.6 is 0 Å². The molecule has 0 spiro atoms. The van der Waals surface area contributed by atoms with Crippen molar-refractivity contribution in [3.63, 3.8) is 0 Å². The summed E-state index contributed by atoms with van der Waals surface area (Å²) in [5.41, 5.74) is 1.66. The highest BCUT2D eigenvalue weighted by molar-refractivity contribution is 5.91. The first-order valence-electron chi connectivity index (χ1n) is 8.80. The van der Waals surface area contributed by atoms with Gasteiger partial charge >= 0.3 is 5.97 Å². The van der Waals surface area contributed by atoms with E-state index >= 15 is 0 Å². The number of nitrogens with one attached hydrogen (secondary N) is 2. The maximum absolute atomic E-state index is 12.3. The second kappa shape index (κ2) is 9.42. The summed E-state index contributed by atoms with van der Waals surface area (Å²) in [5, 5.41) is 6.38. The fourth-order valence-corrected chi connectivity index (χ4v) is 3.09. The first-order valence-corrected chi connectivity index (χ1v) is 8.80. The van der Waals surface area contributed by atoms with Crippen LogP contribution in [0.3, 0.4) is 0 Å². The van der Waals surface area contributed by atoms with E-state index in [1.165, 1.54) is 20.0 Å². The van der Waals surface area contributed by atoms with Crippen LogP contribution in [0.25, 0.3) is 0 Å². The van der Waals surface area contributed by atoms with Crippen molar-refractivity contribution in [2.45, 2.75) is 33.1 Å². The lowest BCUT2D eigenvalue weighted by atomic mass is 9.85. The fraction of sp³-hybridized carbons (Fsp3) is 0.579. The average Bonchev–Trinajstić information content (AvgIpc) is 2.62. The normalized spacial score (nSPS) is 18.3. The molecule has 1 amide bonds. The number of carbonyl (C=O) groups excluding carboxylic acids is 2. The SMILES string of the molecule is COC(=O)COc1ccc(NC(=O)CC(C)C2CCCNC2)c(C)c1. The minimum Gasteiger partial charge on any atom is -0.482 e. The topological polar surface area (TPSA) is 76.7 Å². The van der Waals surface area contributed by atoms with Gasteiger partial charge in [-0.15, -0.1) is 0 Å². The molecule has 1 fully saturated rings. The van der Waals surface area contributed by atoms with Crippen molar-refractivity contribution in [2.24, 2.45) is 11.8 Å². The number of methoxy groups -OCH3 is 1. The number of piperidine rings is 1. The summed E-state index contributed by atoms with van der Waals surface area (Å²) < 4.78 is 9.89. The van der Waals surface area contributed by atoms with Crippen molar-refractivity contribution in [3.8, 4) is 5.75 Å². The van der Waals surface area contributed by atoms with Crippen LogP contribution in [0.1, 0.15) is 31.7 Å². The average molecular weight is 348 g/mol. The molecule has 0 saturated carbocycles. The second-order valence-electron chi connectivity index (χ2n) is 6.68. The first-order chi connectivity index (χ1) is 12.0. The van der Waals surface area contributed by atoms with Crippen LogP contribution in [0.5, 0.6) is 5.75 Å². The van der Waals surface area contributed by atoms with E-state index in [9.17, 15) is 9.59 Å². The second-order valence-corrected chi connectivity index (χ2v) is 6.68. The van der Waals surface area contributed by atoms with Crippen molar-refractivity contribution in [2.75, 3.05) is 32.1 Å². The van der Waals surface area contributed by atoms with E-state index in [0.29, 0.717) is 24.0 Å². The molecule has 1 aliphatic rings. The number of aryl methyl sites for hydroxylation is 1.